The third kappa shape index (κ3) is 8.70. The molecule has 1 aliphatic heterocycles. The Morgan fingerprint density at radius 2 is 1.85 bits per heavy atom. The number of aryl methyl sites for hydroxylation is 1. The van der Waals surface area contributed by atoms with Gasteiger partial charge in [0.15, 0.2) is 5.78 Å². The van der Waals surface area contributed by atoms with E-state index in [0.717, 1.165) is 68.9 Å². The van der Waals surface area contributed by atoms with Gasteiger partial charge in [-0.1, -0.05) is 42.7 Å². The maximum Gasteiger partial charge on any atom is 0.272 e. The minimum atomic E-state index is -0.0855. The Bertz CT molecular complexity index is 1140. The molecule has 40 heavy (non-hydrogen) atoms. The number of aliphatic imine (C=N–C) groups is 1. The summed E-state index contributed by atoms with van der Waals surface area (Å²) >= 11 is 0. The molecule has 1 unspecified atom stereocenters. The minimum Gasteiger partial charge on any atom is -0.372 e. The average Bonchev–Trinajstić information content (AvgIpc) is 3.23. The molecule has 1 aromatic rings. The van der Waals surface area contributed by atoms with Gasteiger partial charge in [0, 0.05) is 26.6 Å². The quantitative estimate of drug-likeness (QED) is 0.207. The molecule has 0 N–H and O–H groups in total. The highest BCUT2D eigenvalue weighted by Gasteiger charge is 2.31. The molecule has 1 saturated carbocycles. The first kappa shape index (κ1) is 31.9. The summed E-state index contributed by atoms with van der Waals surface area (Å²) in [6.07, 6.45) is 11.7. The molecule has 1 heterocycles. The molecular weight excluding hydrogens is 503 g/mol. The summed E-state index contributed by atoms with van der Waals surface area (Å²) in [7, 11) is 1.73. The molecule has 6 heteroatoms. The van der Waals surface area contributed by atoms with Gasteiger partial charge in [0.2, 0.25) is 0 Å². The first-order chi connectivity index (χ1) is 19.2. The highest BCUT2D eigenvalue weighted by atomic mass is 19.1. The van der Waals surface area contributed by atoms with Crippen molar-refractivity contribution in [3.63, 3.8) is 0 Å². The van der Waals surface area contributed by atoms with Crippen LogP contribution in [0.3, 0.4) is 0 Å². The van der Waals surface area contributed by atoms with Crippen molar-refractivity contribution in [3.05, 3.63) is 57.9 Å². The summed E-state index contributed by atoms with van der Waals surface area (Å²) in [6, 6.07) is 5.37. The largest absolute Gasteiger partial charge is 0.372 e. The van der Waals surface area contributed by atoms with E-state index >= 15 is 0 Å². The molecule has 220 valence electrons. The van der Waals surface area contributed by atoms with Crippen molar-refractivity contribution in [2.45, 2.75) is 117 Å². The van der Waals surface area contributed by atoms with Crippen LogP contribution in [0.1, 0.15) is 109 Å². The summed E-state index contributed by atoms with van der Waals surface area (Å²) in [5, 5.41) is 0. The Hall–Kier alpha value is -2.60. The number of hydrogen-bond acceptors (Lipinski definition) is 4. The molecule has 4 rings (SSSR count). The van der Waals surface area contributed by atoms with Gasteiger partial charge in [-0.3, -0.25) is 14.6 Å². The number of ether oxygens (including phenoxy) is 1. The number of hydrogen-bond donors (Lipinski definition) is 0. The van der Waals surface area contributed by atoms with Crippen LogP contribution in [-0.4, -0.2) is 54.6 Å². The van der Waals surface area contributed by atoms with Crippen molar-refractivity contribution in [2.24, 2.45) is 4.99 Å². The number of halogens is 1. The maximum atomic E-state index is 14.0. The van der Waals surface area contributed by atoms with Gasteiger partial charge in [-0.15, -0.1) is 0 Å². The molecule has 3 atom stereocenters. The highest BCUT2D eigenvalue weighted by Crippen LogP contribution is 2.35. The van der Waals surface area contributed by atoms with E-state index in [1.165, 1.54) is 16.7 Å². The van der Waals surface area contributed by atoms with Crippen molar-refractivity contribution in [1.82, 2.24) is 4.90 Å². The fourth-order valence-electron chi connectivity index (χ4n) is 6.13. The first-order valence-electron chi connectivity index (χ1n) is 15.3. The monoisotopic (exact) mass is 552 g/mol. The van der Waals surface area contributed by atoms with Crippen LogP contribution in [0.5, 0.6) is 0 Å². The van der Waals surface area contributed by atoms with E-state index in [-0.39, 0.29) is 35.6 Å². The van der Waals surface area contributed by atoms with E-state index in [1.54, 1.807) is 13.1 Å². The lowest BCUT2D eigenvalue weighted by molar-refractivity contribution is -0.137. The van der Waals surface area contributed by atoms with Crippen LogP contribution in [0.2, 0.25) is 0 Å². The van der Waals surface area contributed by atoms with Crippen LogP contribution in [0.15, 0.2) is 46.0 Å². The van der Waals surface area contributed by atoms with Crippen molar-refractivity contribution >= 4 is 17.4 Å². The number of amides is 1. The molecule has 1 amide bonds. The van der Waals surface area contributed by atoms with Crippen LogP contribution >= 0.6 is 0 Å². The number of rotatable bonds is 6. The van der Waals surface area contributed by atoms with E-state index in [9.17, 15) is 14.0 Å². The molecule has 1 aromatic carbocycles. The third-order valence-electron chi connectivity index (χ3n) is 8.44. The number of nitrogens with zero attached hydrogens (tertiary/aromatic N) is 2. The normalized spacial score (nSPS) is 25.0. The van der Waals surface area contributed by atoms with Gasteiger partial charge in [0.1, 0.15) is 11.5 Å². The van der Waals surface area contributed by atoms with E-state index in [4.69, 9.17) is 4.74 Å². The smallest absolute Gasteiger partial charge is 0.272 e. The Labute approximate surface area is 241 Å². The van der Waals surface area contributed by atoms with Crippen LogP contribution in [0.4, 0.5) is 4.39 Å². The predicted octanol–water partition coefficient (Wildman–Crippen LogP) is 7.67. The summed E-state index contributed by atoms with van der Waals surface area (Å²) in [4.78, 5) is 30.5. The van der Waals surface area contributed by atoms with Crippen molar-refractivity contribution in [3.8, 4) is 0 Å². The Kier molecular flexibility index (Phi) is 12.3. The van der Waals surface area contributed by atoms with Crippen molar-refractivity contribution in [1.29, 1.82) is 0 Å². The number of carbonyl (C=O) groups is 2. The topological polar surface area (TPSA) is 59.0 Å². The lowest BCUT2D eigenvalue weighted by Crippen LogP contribution is -2.51. The van der Waals surface area contributed by atoms with E-state index in [0.29, 0.717) is 25.2 Å². The second-order valence-electron chi connectivity index (χ2n) is 11.6. The van der Waals surface area contributed by atoms with Gasteiger partial charge >= 0.3 is 0 Å². The zero-order chi connectivity index (χ0) is 29.2. The summed E-state index contributed by atoms with van der Waals surface area (Å²) in [5.74, 6) is 0.493. The molecule has 5 nitrogen and oxygen atoms in total. The lowest BCUT2D eigenvalue weighted by Gasteiger charge is -2.36. The molecule has 3 aliphatic rings. The molecule has 0 spiro atoms. The summed E-state index contributed by atoms with van der Waals surface area (Å²) < 4.78 is 19.8. The first-order valence-corrected chi connectivity index (χ1v) is 15.3. The Morgan fingerprint density at radius 1 is 1.07 bits per heavy atom. The fourth-order valence-corrected chi connectivity index (χ4v) is 6.13. The van der Waals surface area contributed by atoms with Gasteiger partial charge in [-0.05, 0) is 108 Å². The van der Waals surface area contributed by atoms with Gasteiger partial charge in [-0.2, -0.15) is 0 Å². The molecule has 1 saturated heterocycles. The van der Waals surface area contributed by atoms with Crippen molar-refractivity contribution in [2.75, 3.05) is 20.1 Å². The molecule has 0 bridgehead atoms. The SMILES string of the molecule is CCC(=O)/C=C1/CCCC(c2cc(C)ccc2F)CC1.CC[C@H]1CN(C(=O)C(=NC)C2=C(C)CCC2)C[C@@H](C)O1. The maximum absolute atomic E-state index is 14.0. The van der Waals surface area contributed by atoms with Crippen molar-refractivity contribution < 1.29 is 18.7 Å². The summed E-state index contributed by atoms with van der Waals surface area (Å²) in [5.41, 5.74) is 6.38. The lowest BCUT2D eigenvalue weighted by atomic mass is 9.90. The molecule has 0 aromatic heterocycles. The Morgan fingerprint density at radius 3 is 2.50 bits per heavy atom. The number of allylic oxidation sites excluding steroid dienone is 3. The zero-order valence-electron chi connectivity index (χ0n) is 25.5. The average molecular weight is 553 g/mol. The molecule has 0 radical (unpaired) electrons. The third-order valence-corrected chi connectivity index (χ3v) is 8.44. The van der Waals surface area contributed by atoms with Gasteiger partial charge < -0.3 is 9.64 Å². The minimum absolute atomic E-state index is 0.0809. The van der Waals surface area contributed by atoms with Gasteiger partial charge in [-0.25, -0.2) is 4.39 Å². The Balaban J connectivity index is 0.000000220. The number of carbonyl (C=O) groups excluding carboxylic acids is 2. The standard InChI is InChI=1S/C18H23FO.C16H26N2O2/c1-3-16(20)12-14-5-4-6-15(9-8-14)17-11-13(2)7-10-18(17)19;1-5-13-10-18(9-12(3)20-13)16(19)15(17-4)14-8-6-7-11(14)2/h7,10-12,15H,3-6,8-9H2,1-2H3;12-13H,5-10H2,1-4H3/b14-12-;/t;12-,13+/m.1/s1. The number of benzene rings is 1. The van der Waals surface area contributed by atoms with Crippen LogP contribution in [-0.2, 0) is 14.3 Å². The second-order valence-corrected chi connectivity index (χ2v) is 11.6. The predicted molar refractivity (Wildman–Crippen MR) is 161 cm³/mol. The van der Waals surface area contributed by atoms with E-state index < -0.39 is 0 Å². The van der Waals surface area contributed by atoms with Gasteiger partial charge in [0.05, 0.1) is 12.2 Å². The molecule has 2 aliphatic carbocycles. The van der Waals surface area contributed by atoms with Crippen LogP contribution < -0.4 is 0 Å². The highest BCUT2D eigenvalue weighted by molar-refractivity contribution is 6.45. The number of ketones is 1. The van der Waals surface area contributed by atoms with E-state index in [1.807, 2.05) is 43.9 Å². The molecular formula is C34H49FN2O3. The van der Waals surface area contributed by atoms with Crippen LogP contribution in [0, 0.1) is 12.7 Å². The van der Waals surface area contributed by atoms with E-state index in [2.05, 4.69) is 18.8 Å². The zero-order valence-corrected chi connectivity index (χ0v) is 25.5. The summed E-state index contributed by atoms with van der Waals surface area (Å²) in [6.45, 7) is 11.5. The van der Waals surface area contributed by atoms with Crippen LogP contribution in [0.25, 0.3) is 0 Å². The number of morpholine rings is 1. The fraction of sp³-hybridized carbons (Fsp3) is 0.618. The molecule has 2 fully saturated rings. The second kappa shape index (κ2) is 15.4. The van der Waals surface area contributed by atoms with Gasteiger partial charge in [0.25, 0.3) is 5.91 Å².